The first-order valence-electron chi connectivity index (χ1n) is 7.44. The van der Waals surface area contributed by atoms with E-state index in [0.29, 0.717) is 5.13 Å². The largest absolute Gasteiger partial charge is 0.481 e. The third kappa shape index (κ3) is 3.18. The van der Waals surface area contributed by atoms with E-state index < -0.39 is 5.82 Å². The average Bonchev–Trinajstić information content (AvgIpc) is 3.15. The molecule has 0 atom stereocenters. The molecule has 5 nitrogen and oxygen atoms in total. The summed E-state index contributed by atoms with van der Waals surface area (Å²) in [5, 5.41) is 4.17. The standard InChI is InChI=1S/C17H12FN3O2S2/c1-9-19-11-6-7-12-16(15(11)24-9)25-17(20-12)21-14(22)8-23-13-5-3-2-4-10(13)18/h2-7H,8H2,1H3,(H,20,21,22). The molecule has 0 aliphatic carbocycles. The van der Waals surface area contributed by atoms with Gasteiger partial charge in [0.05, 0.1) is 25.4 Å². The topological polar surface area (TPSA) is 64.1 Å². The summed E-state index contributed by atoms with van der Waals surface area (Å²) < 4.78 is 20.7. The number of ether oxygens (including phenoxy) is 1. The minimum atomic E-state index is -0.502. The van der Waals surface area contributed by atoms with Crippen LogP contribution in [-0.2, 0) is 4.79 Å². The van der Waals surface area contributed by atoms with Crippen molar-refractivity contribution >= 4 is 54.1 Å². The van der Waals surface area contributed by atoms with E-state index in [2.05, 4.69) is 15.3 Å². The van der Waals surface area contributed by atoms with E-state index >= 15 is 0 Å². The summed E-state index contributed by atoms with van der Waals surface area (Å²) in [6, 6.07) is 9.77. The minimum Gasteiger partial charge on any atom is -0.481 e. The van der Waals surface area contributed by atoms with Gasteiger partial charge in [-0.25, -0.2) is 14.4 Å². The Kier molecular flexibility index (Phi) is 4.06. The van der Waals surface area contributed by atoms with Gasteiger partial charge in [0.1, 0.15) is 0 Å². The Morgan fingerprint density at radius 3 is 2.64 bits per heavy atom. The Bertz CT molecular complexity index is 1090. The van der Waals surface area contributed by atoms with Crippen molar-refractivity contribution in [2.45, 2.75) is 6.92 Å². The summed E-state index contributed by atoms with van der Waals surface area (Å²) in [5.74, 6) is -0.846. The Morgan fingerprint density at radius 1 is 1.12 bits per heavy atom. The van der Waals surface area contributed by atoms with Crippen LogP contribution >= 0.6 is 22.7 Å². The van der Waals surface area contributed by atoms with E-state index in [9.17, 15) is 9.18 Å². The highest BCUT2D eigenvalue weighted by Gasteiger charge is 2.13. The van der Waals surface area contributed by atoms with Crippen molar-refractivity contribution < 1.29 is 13.9 Å². The van der Waals surface area contributed by atoms with Crippen LogP contribution in [0.1, 0.15) is 5.01 Å². The summed E-state index contributed by atoms with van der Waals surface area (Å²) >= 11 is 2.99. The van der Waals surface area contributed by atoms with Crippen LogP contribution in [0.2, 0.25) is 0 Å². The lowest BCUT2D eigenvalue weighted by molar-refractivity contribution is -0.118. The van der Waals surface area contributed by atoms with Crippen molar-refractivity contribution in [1.29, 1.82) is 0 Å². The maximum Gasteiger partial charge on any atom is 0.264 e. The summed E-state index contributed by atoms with van der Waals surface area (Å²) in [7, 11) is 0. The molecule has 1 amide bonds. The number of nitrogens with zero attached hydrogens (tertiary/aromatic N) is 2. The van der Waals surface area contributed by atoms with Gasteiger partial charge in [-0.2, -0.15) is 0 Å². The minimum absolute atomic E-state index is 0.0452. The third-order valence-corrected chi connectivity index (χ3v) is 5.60. The maximum absolute atomic E-state index is 13.5. The van der Waals surface area contributed by atoms with Crippen LogP contribution in [0.25, 0.3) is 20.4 Å². The number of thiazole rings is 2. The number of nitrogens with one attached hydrogen (secondary N) is 1. The summed E-state index contributed by atoms with van der Waals surface area (Å²) in [6.45, 7) is 1.67. The molecule has 4 rings (SSSR count). The lowest BCUT2D eigenvalue weighted by Crippen LogP contribution is -2.20. The first-order valence-corrected chi connectivity index (χ1v) is 9.07. The molecule has 0 radical (unpaired) electrons. The molecule has 2 aromatic carbocycles. The van der Waals surface area contributed by atoms with Gasteiger partial charge >= 0.3 is 0 Å². The number of para-hydroxylation sites is 1. The molecule has 0 spiro atoms. The zero-order valence-corrected chi connectivity index (χ0v) is 14.7. The summed E-state index contributed by atoms with van der Waals surface area (Å²) in [6.07, 6.45) is 0. The molecule has 0 saturated heterocycles. The normalized spacial score (nSPS) is 11.1. The highest BCUT2D eigenvalue weighted by molar-refractivity contribution is 7.28. The van der Waals surface area contributed by atoms with Gasteiger partial charge in [-0.15, -0.1) is 11.3 Å². The number of hydrogen-bond acceptors (Lipinski definition) is 6. The Balaban J connectivity index is 1.51. The number of fused-ring (bicyclic) bond motifs is 3. The van der Waals surface area contributed by atoms with Gasteiger partial charge in [0.2, 0.25) is 0 Å². The number of anilines is 1. The van der Waals surface area contributed by atoms with Gasteiger partial charge in [0, 0.05) is 0 Å². The Hall–Kier alpha value is -2.58. The average molecular weight is 373 g/mol. The van der Waals surface area contributed by atoms with E-state index in [-0.39, 0.29) is 18.3 Å². The van der Waals surface area contributed by atoms with Gasteiger partial charge in [-0.3, -0.25) is 10.1 Å². The van der Waals surface area contributed by atoms with Crippen molar-refractivity contribution in [3.05, 3.63) is 47.2 Å². The van der Waals surface area contributed by atoms with Crippen LogP contribution in [0.3, 0.4) is 0 Å². The quantitative estimate of drug-likeness (QED) is 0.577. The number of carbonyl (C=O) groups is 1. The summed E-state index contributed by atoms with van der Waals surface area (Å²) in [5.41, 5.74) is 1.74. The predicted molar refractivity (Wildman–Crippen MR) is 98.1 cm³/mol. The number of amides is 1. The Morgan fingerprint density at radius 2 is 1.84 bits per heavy atom. The van der Waals surface area contributed by atoms with E-state index in [4.69, 9.17) is 4.74 Å². The first-order chi connectivity index (χ1) is 12.1. The second-order valence-corrected chi connectivity index (χ2v) is 7.48. The van der Waals surface area contributed by atoms with Crippen molar-refractivity contribution in [3.63, 3.8) is 0 Å². The fourth-order valence-corrected chi connectivity index (χ4v) is 4.42. The lowest BCUT2D eigenvalue weighted by atomic mass is 10.3. The number of benzene rings is 2. The van der Waals surface area contributed by atoms with Crippen LogP contribution in [0.4, 0.5) is 9.52 Å². The number of hydrogen-bond donors (Lipinski definition) is 1. The van der Waals surface area contributed by atoms with Crippen LogP contribution in [0.5, 0.6) is 5.75 Å². The number of rotatable bonds is 4. The van der Waals surface area contributed by atoms with Crippen LogP contribution in [0, 0.1) is 12.7 Å². The van der Waals surface area contributed by atoms with E-state index in [1.165, 1.54) is 23.5 Å². The smallest absolute Gasteiger partial charge is 0.264 e. The molecule has 2 aromatic heterocycles. The highest BCUT2D eigenvalue weighted by atomic mass is 32.1. The SMILES string of the molecule is Cc1nc2ccc3nc(NC(=O)COc4ccccc4F)sc3c2s1. The second kappa shape index (κ2) is 6.38. The molecular weight excluding hydrogens is 361 g/mol. The van der Waals surface area contributed by atoms with E-state index in [1.807, 2.05) is 19.1 Å². The molecule has 0 saturated carbocycles. The highest BCUT2D eigenvalue weighted by Crippen LogP contribution is 2.35. The monoisotopic (exact) mass is 373 g/mol. The van der Waals surface area contributed by atoms with Gasteiger partial charge in [0.25, 0.3) is 5.91 Å². The summed E-state index contributed by atoms with van der Waals surface area (Å²) in [4.78, 5) is 20.9. The molecule has 2 heterocycles. The lowest BCUT2D eigenvalue weighted by Gasteiger charge is -2.06. The van der Waals surface area contributed by atoms with E-state index in [1.54, 1.807) is 23.5 Å². The van der Waals surface area contributed by atoms with Crippen molar-refractivity contribution in [2.24, 2.45) is 0 Å². The molecule has 0 unspecified atom stereocenters. The van der Waals surface area contributed by atoms with Crippen molar-refractivity contribution in [1.82, 2.24) is 9.97 Å². The molecule has 1 N–H and O–H groups in total. The molecule has 0 aliphatic rings. The van der Waals surface area contributed by atoms with Crippen LogP contribution in [0.15, 0.2) is 36.4 Å². The van der Waals surface area contributed by atoms with Crippen molar-refractivity contribution in [3.8, 4) is 5.75 Å². The molecule has 0 fully saturated rings. The van der Waals surface area contributed by atoms with Gasteiger partial charge in [-0.05, 0) is 31.2 Å². The fourth-order valence-electron chi connectivity index (χ4n) is 2.40. The zero-order valence-electron chi connectivity index (χ0n) is 13.1. The van der Waals surface area contributed by atoms with Crippen molar-refractivity contribution in [2.75, 3.05) is 11.9 Å². The van der Waals surface area contributed by atoms with Gasteiger partial charge < -0.3 is 4.74 Å². The zero-order chi connectivity index (χ0) is 17.4. The van der Waals surface area contributed by atoms with Crippen LogP contribution in [-0.4, -0.2) is 22.5 Å². The number of carbonyl (C=O) groups excluding carboxylic acids is 1. The number of aryl methyl sites for hydroxylation is 1. The van der Waals surface area contributed by atoms with Gasteiger partial charge in [-0.1, -0.05) is 23.5 Å². The molecule has 4 aromatic rings. The Labute approximate surface area is 150 Å². The second-order valence-electron chi connectivity index (χ2n) is 5.28. The van der Waals surface area contributed by atoms with E-state index in [0.717, 1.165) is 25.4 Å². The predicted octanol–water partition coefficient (Wildman–Crippen LogP) is 4.37. The molecule has 25 heavy (non-hydrogen) atoms. The molecule has 126 valence electrons. The number of aromatic nitrogens is 2. The molecule has 0 aliphatic heterocycles. The third-order valence-electron chi connectivity index (χ3n) is 3.46. The number of halogens is 1. The maximum atomic E-state index is 13.5. The van der Waals surface area contributed by atoms with Crippen LogP contribution < -0.4 is 10.1 Å². The molecular formula is C17H12FN3O2S2. The first kappa shape index (κ1) is 15.9. The fraction of sp³-hybridized carbons (Fsp3) is 0.118. The van der Waals surface area contributed by atoms with Gasteiger partial charge in [0.15, 0.2) is 23.3 Å². The molecule has 8 heteroatoms. The molecule has 0 bridgehead atoms.